The van der Waals surface area contributed by atoms with Gasteiger partial charge in [0.15, 0.2) is 0 Å². The van der Waals surface area contributed by atoms with Gasteiger partial charge in [0.2, 0.25) is 0 Å². The molecule has 2 aliphatic heterocycles. The summed E-state index contributed by atoms with van der Waals surface area (Å²) >= 11 is 0. The molecule has 0 saturated carbocycles. The van der Waals surface area contributed by atoms with Gasteiger partial charge in [-0.05, 0) is 30.9 Å². The largest absolute Gasteiger partial charge is 0.397 e. The molecule has 0 radical (unpaired) electrons. The van der Waals surface area contributed by atoms with Crippen molar-refractivity contribution < 1.29 is 0 Å². The molecule has 2 N–H and O–H groups in total. The van der Waals surface area contributed by atoms with Crippen molar-refractivity contribution >= 4 is 33.6 Å². The number of hydrogen-bond acceptors (Lipinski definition) is 8. The predicted molar refractivity (Wildman–Crippen MR) is 138 cm³/mol. The Morgan fingerprint density at radius 3 is 2.60 bits per heavy atom. The number of nitrogen functional groups attached to an aromatic ring is 1. The van der Waals surface area contributed by atoms with Crippen LogP contribution in [0.2, 0.25) is 0 Å². The van der Waals surface area contributed by atoms with Crippen LogP contribution in [0, 0.1) is 5.92 Å². The Bertz CT molecular complexity index is 1410. The second-order valence-electron chi connectivity index (χ2n) is 9.72. The summed E-state index contributed by atoms with van der Waals surface area (Å²) in [4.78, 5) is 24.1. The van der Waals surface area contributed by atoms with Gasteiger partial charge in [-0.2, -0.15) is 0 Å². The fourth-order valence-corrected chi connectivity index (χ4v) is 5.51. The number of aryl methyl sites for hydroxylation is 1. The Labute approximate surface area is 203 Å². The molecule has 4 aromatic rings. The molecule has 182 valence electrons. The number of piperazine rings is 1. The molecule has 0 unspecified atom stereocenters. The Balaban J connectivity index is 1.05. The minimum atomic E-state index is -0.0995. The van der Waals surface area contributed by atoms with Crippen molar-refractivity contribution in [2.75, 3.05) is 61.3 Å². The Morgan fingerprint density at radius 2 is 1.80 bits per heavy atom. The lowest BCUT2D eigenvalue weighted by Gasteiger charge is -2.40. The van der Waals surface area contributed by atoms with E-state index >= 15 is 0 Å². The topological polar surface area (TPSA) is 101 Å². The Hall–Kier alpha value is -3.66. The number of nitrogens with zero attached hydrogens (tertiary/aromatic N) is 8. The second kappa shape index (κ2) is 8.84. The van der Waals surface area contributed by atoms with Crippen molar-refractivity contribution in [3.63, 3.8) is 0 Å². The smallest absolute Gasteiger partial charge is 0.277 e. The average molecular weight is 474 g/mol. The van der Waals surface area contributed by atoms with Gasteiger partial charge >= 0.3 is 0 Å². The van der Waals surface area contributed by atoms with E-state index in [9.17, 15) is 4.79 Å². The van der Waals surface area contributed by atoms with E-state index in [1.807, 2.05) is 28.8 Å². The first kappa shape index (κ1) is 21.8. The number of piperidine rings is 1. The highest BCUT2D eigenvalue weighted by Crippen LogP contribution is 2.29. The van der Waals surface area contributed by atoms with Crippen LogP contribution in [0.25, 0.3) is 16.6 Å². The lowest BCUT2D eigenvalue weighted by Crippen LogP contribution is -2.49. The molecule has 6 rings (SSSR count). The fourth-order valence-electron chi connectivity index (χ4n) is 5.51. The van der Waals surface area contributed by atoms with Crippen LogP contribution in [-0.4, -0.2) is 75.1 Å². The van der Waals surface area contributed by atoms with Crippen LogP contribution in [0.1, 0.15) is 12.8 Å². The monoisotopic (exact) mass is 473 g/mol. The van der Waals surface area contributed by atoms with Gasteiger partial charge in [0.1, 0.15) is 11.2 Å². The average Bonchev–Trinajstić information content (AvgIpc) is 3.34. The molecule has 0 spiro atoms. The summed E-state index contributed by atoms with van der Waals surface area (Å²) in [5.74, 6) is 0.680. The first-order valence-electron chi connectivity index (χ1n) is 12.3. The van der Waals surface area contributed by atoms with Crippen LogP contribution in [0.15, 0.2) is 47.7 Å². The summed E-state index contributed by atoms with van der Waals surface area (Å²) in [5.41, 5.74) is 10.7. The number of hydrogen-bond donors (Lipinski definition) is 1. The van der Waals surface area contributed by atoms with Crippen molar-refractivity contribution in [3.8, 4) is 0 Å². The molecule has 0 atom stereocenters. The number of anilines is 3. The molecule has 0 bridgehead atoms. The lowest BCUT2D eigenvalue weighted by molar-refractivity contribution is 0.201. The molecular formula is C25H31N9O. The number of fused-ring (bicyclic) bond motifs is 2. The second-order valence-corrected chi connectivity index (χ2v) is 9.72. The molecule has 0 aliphatic carbocycles. The number of pyridine rings is 1. The number of benzene rings is 1. The molecule has 10 heteroatoms. The summed E-state index contributed by atoms with van der Waals surface area (Å²) < 4.78 is 3.33. The van der Waals surface area contributed by atoms with E-state index in [1.54, 1.807) is 13.2 Å². The maximum absolute atomic E-state index is 12.4. The van der Waals surface area contributed by atoms with Gasteiger partial charge in [-0.3, -0.25) is 9.69 Å². The highest BCUT2D eigenvalue weighted by Gasteiger charge is 2.26. The molecule has 0 amide bonds. The third kappa shape index (κ3) is 4.07. The van der Waals surface area contributed by atoms with Crippen LogP contribution >= 0.6 is 0 Å². The van der Waals surface area contributed by atoms with Gasteiger partial charge in [0.05, 0.1) is 22.4 Å². The third-order valence-electron chi connectivity index (χ3n) is 7.54. The summed E-state index contributed by atoms with van der Waals surface area (Å²) in [7, 11) is 1.64. The SMILES string of the molecule is Cn1nnc2c(N3CCC(CN4CCN(c5cn6ccnc6cc5N)CC4)CC3)cccc2c1=O. The van der Waals surface area contributed by atoms with Gasteiger partial charge < -0.3 is 19.9 Å². The standard InChI is InChI=1S/C25H31N9O/c1-30-25(35)19-3-2-4-21(24(19)28-29-30)32-8-5-18(6-9-32)16-31-11-13-33(14-12-31)22-17-34-10-7-27-23(34)15-20(22)26/h2-4,7,10,15,17-18H,5-6,8-9,11-14,16,26H2,1H3. The van der Waals surface area contributed by atoms with Crippen molar-refractivity contribution in [1.29, 1.82) is 0 Å². The van der Waals surface area contributed by atoms with E-state index in [2.05, 4.69) is 42.3 Å². The lowest BCUT2D eigenvalue weighted by atomic mass is 9.95. The summed E-state index contributed by atoms with van der Waals surface area (Å²) in [6.07, 6.45) is 8.14. The molecular weight excluding hydrogens is 442 g/mol. The zero-order valence-electron chi connectivity index (χ0n) is 20.0. The first-order valence-corrected chi connectivity index (χ1v) is 12.3. The van der Waals surface area contributed by atoms with E-state index in [0.29, 0.717) is 16.8 Å². The van der Waals surface area contributed by atoms with Crippen molar-refractivity contribution in [2.45, 2.75) is 12.8 Å². The van der Waals surface area contributed by atoms with Crippen molar-refractivity contribution in [1.82, 2.24) is 29.3 Å². The summed E-state index contributed by atoms with van der Waals surface area (Å²) in [5, 5.41) is 8.96. The molecule has 2 saturated heterocycles. The zero-order chi connectivity index (χ0) is 23.9. The quantitative estimate of drug-likeness (QED) is 0.477. The Kier molecular flexibility index (Phi) is 5.52. The van der Waals surface area contributed by atoms with E-state index < -0.39 is 0 Å². The van der Waals surface area contributed by atoms with Crippen LogP contribution in [0.3, 0.4) is 0 Å². The minimum absolute atomic E-state index is 0.0995. The highest BCUT2D eigenvalue weighted by atomic mass is 16.1. The van der Waals surface area contributed by atoms with E-state index in [4.69, 9.17) is 5.73 Å². The number of rotatable bonds is 4. The van der Waals surface area contributed by atoms with E-state index in [1.165, 1.54) is 4.68 Å². The van der Waals surface area contributed by atoms with Crippen LogP contribution in [0.5, 0.6) is 0 Å². The van der Waals surface area contributed by atoms with Crippen molar-refractivity contribution in [3.05, 3.63) is 53.2 Å². The molecule has 3 aromatic heterocycles. The summed E-state index contributed by atoms with van der Waals surface area (Å²) in [6, 6.07) is 7.80. The van der Waals surface area contributed by atoms with Crippen LogP contribution in [-0.2, 0) is 7.05 Å². The van der Waals surface area contributed by atoms with Gasteiger partial charge in [-0.25, -0.2) is 9.67 Å². The van der Waals surface area contributed by atoms with Gasteiger partial charge in [-0.1, -0.05) is 11.3 Å². The maximum Gasteiger partial charge on any atom is 0.277 e. The highest BCUT2D eigenvalue weighted by molar-refractivity contribution is 5.89. The fraction of sp³-hybridized carbons (Fsp3) is 0.440. The third-order valence-corrected chi connectivity index (χ3v) is 7.54. The molecule has 1 aromatic carbocycles. The maximum atomic E-state index is 12.4. The van der Waals surface area contributed by atoms with Crippen LogP contribution < -0.4 is 21.1 Å². The normalized spacial score (nSPS) is 18.1. The number of aromatic nitrogens is 5. The van der Waals surface area contributed by atoms with Gasteiger partial charge in [0, 0.05) is 77.5 Å². The molecule has 2 fully saturated rings. The van der Waals surface area contributed by atoms with E-state index in [-0.39, 0.29) is 5.56 Å². The molecule has 2 aliphatic rings. The number of nitrogens with two attached hydrogens (primary N) is 1. The zero-order valence-corrected chi connectivity index (χ0v) is 20.0. The number of imidazole rings is 1. The molecule has 10 nitrogen and oxygen atoms in total. The predicted octanol–water partition coefficient (Wildman–Crippen LogP) is 1.60. The van der Waals surface area contributed by atoms with Crippen molar-refractivity contribution in [2.24, 2.45) is 13.0 Å². The molecule has 5 heterocycles. The van der Waals surface area contributed by atoms with Crippen LogP contribution in [0.4, 0.5) is 17.1 Å². The minimum Gasteiger partial charge on any atom is -0.397 e. The van der Waals surface area contributed by atoms with E-state index in [0.717, 1.165) is 81.4 Å². The van der Waals surface area contributed by atoms with Gasteiger partial charge in [0.25, 0.3) is 5.56 Å². The van der Waals surface area contributed by atoms with Gasteiger partial charge in [-0.15, -0.1) is 5.10 Å². The molecule has 35 heavy (non-hydrogen) atoms. The Morgan fingerprint density at radius 1 is 1.03 bits per heavy atom. The first-order chi connectivity index (χ1) is 17.1. The summed E-state index contributed by atoms with van der Waals surface area (Å²) in [6.45, 7) is 7.13.